The number of ether oxygens (including phenoxy) is 1. The number of aliphatic hydroxyl groups is 1. The molecule has 138 valence electrons. The van der Waals surface area contributed by atoms with E-state index in [0.29, 0.717) is 19.4 Å². The molecular formula is C19H24N4O3. The molecule has 1 aliphatic heterocycles. The van der Waals surface area contributed by atoms with E-state index >= 15 is 0 Å². The highest BCUT2D eigenvalue weighted by molar-refractivity contribution is 5.76. The number of carbonyl (C=O) groups excluding carboxylic acids is 1. The van der Waals surface area contributed by atoms with Crippen molar-refractivity contribution >= 4 is 5.91 Å². The van der Waals surface area contributed by atoms with Crippen LogP contribution in [-0.4, -0.2) is 38.5 Å². The Bertz CT molecular complexity index is 756. The molecule has 1 aromatic carbocycles. The summed E-state index contributed by atoms with van der Waals surface area (Å²) in [6.45, 7) is 1.40. The van der Waals surface area contributed by atoms with Gasteiger partial charge in [0.25, 0.3) is 0 Å². The number of aryl methyl sites for hydroxylation is 1. The minimum atomic E-state index is -0.246. The van der Waals surface area contributed by atoms with Crippen LogP contribution in [0.5, 0.6) is 5.75 Å². The zero-order valence-corrected chi connectivity index (χ0v) is 14.7. The molecule has 1 unspecified atom stereocenters. The molecule has 1 saturated carbocycles. The van der Waals surface area contributed by atoms with Gasteiger partial charge in [0.05, 0.1) is 18.8 Å². The number of fused-ring (bicyclic) bond motifs is 1. The van der Waals surface area contributed by atoms with Crippen LogP contribution in [0.15, 0.2) is 30.9 Å². The maximum atomic E-state index is 12.5. The molecule has 7 nitrogen and oxygen atoms in total. The number of aromatic nitrogens is 3. The van der Waals surface area contributed by atoms with Gasteiger partial charge in [0.2, 0.25) is 5.91 Å². The van der Waals surface area contributed by atoms with Gasteiger partial charge in [-0.1, -0.05) is 6.07 Å². The van der Waals surface area contributed by atoms with Gasteiger partial charge in [-0.25, -0.2) is 4.98 Å². The predicted octanol–water partition coefficient (Wildman–Crippen LogP) is 1.62. The summed E-state index contributed by atoms with van der Waals surface area (Å²) in [7, 11) is 0. The molecule has 2 N–H and O–H groups in total. The fraction of sp³-hybridized carbons (Fsp3) is 0.526. The maximum Gasteiger partial charge on any atom is 0.220 e. The van der Waals surface area contributed by atoms with Crippen molar-refractivity contribution in [1.82, 2.24) is 20.1 Å². The Labute approximate surface area is 152 Å². The molecule has 2 heterocycles. The van der Waals surface area contributed by atoms with Gasteiger partial charge < -0.3 is 15.2 Å². The predicted molar refractivity (Wildman–Crippen MR) is 94.5 cm³/mol. The van der Waals surface area contributed by atoms with Gasteiger partial charge in [-0.05, 0) is 48.4 Å². The second-order valence-electron chi connectivity index (χ2n) is 7.16. The van der Waals surface area contributed by atoms with Crippen LogP contribution in [-0.2, 0) is 17.8 Å². The van der Waals surface area contributed by atoms with Gasteiger partial charge in [-0.15, -0.1) is 0 Å². The number of amides is 1. The van der Waals surface area contributed by atoms with E-state index in [1.165, 1.54) is 11.9 Å². The smallest absolute Gasteiger partial charge is 0.220 e. The normalized spacial score (nSPS) is 22.2. The minimum absolute atomic E-state index is 0.0354. The summed E-state index contributed by atoms with van der Waals surface area (Å²) in [6, 6.07) is 6.13. The molecule has 26 heavy (non-hydrogen) atoms. The molecule has 1 aliphatic carbocycles. The van der Waals surface area contributed by atoms with Gasteiger partial charge >= 0.3 is 0 Å². The average molecular weight is 356 g/mol. The highest BCUT2D eigenvalue weighted by atomic mass is 16.5. The topological polar surface area (TPSA) is 89.3 Å². The SMILES string of the molecule is O=C(CCCn1cncn1)NC(c1ccc2c(c1)CCO2)C1CC(O)C1. The second kappa shape index (κ2) is 7.45. The first-order valence-electron chi connectivity index (χ1n) is 9.24. The molecule has 2 aliphatic rings. The molecule has 1 amide bonds. The molecule has 1 atom stereocenters. The Hall–Kier alpha value is -2.41. The van der Waals surface area contributed by atoms with E-state index in [1.807, 2.05) is 12.1 Å². The molecule has 2 aromatic rings. The highest BCUT2D eigenvalue weighted by Crippen LogP contribution is 2.39. The molecule has 1 aromatic heterocycles. The van der Waals surface area contributed by atoms with Crippen molar-refractivity contribution in [3.05, 3.63) is 42.0 Å². The minimum Gasteiger partial charge on any atom is -0.493 e. The van der Waals surface area contributed by atoms with Crippen molar-refractivity contribution in [1.29, 1.82) is 0 Å². The lowest BCUT2D eigenvalue weighted by molar-refractivity contribution is -0.123. The first kappa shape index (κ1) is 17.0. The summed E-state index contributed by atoms with van der Waals surface area (Å²) in [5.74, 6) is 1.26. The number of rotatable bonds is 7. The number of hydrogen-bond acceptors (Lipinski definition) is 5. The van der Waals surface area contributed by atoms with Crippen molar-refractivity contribution in [2.24, 2.45) is 5.92 Å². The monoisotopic (exact) mass is 356 g/mol. The number of hydrogen-bond donors (Lipinski definition) is 2. The van der Waals surface area contributed by atoms with Crippen LogP contribution in [0.2, 0.25) is 0 Å². The van der Waals surface area contributed by atoms with Crippen molar-refractivity contribution in [2.45, 2.75) is 50.8 Å². The van der Waals surface area contributed by atoms with Crippen LogP contribution in [0.25, 0.3) is 0 Å². The summed E-state index contributed by atoms with van der Waals surface area (Å²) >= 11 is 0. The highest BCUT2D eigenvalue weighted by Gasteiger charge is 2.36. The summed E-state index contributed by atoms with van der Waals surface area (Å²) in [5, 5.41) is 16.9. The van der Waals surface area contributed by atoms with E-state index in [0.717, 1.165) is 37.2 Å². The lowest BCUT2D eigenvalue weighted by Gasteiger charge is -2.38. The molecule has 7 heteroatoms. The van der Waals surface area contributed by atoms with E-state index in [9.17, 15) is 9.90 Å². The number of carbonyl (C=O) groups is 1. The summed E-state index contributed by atoms with van der Waals surface area (Å²) in [6.07, 6.45) is 6.44. The van der Waals surface area contributed by atoms with Crippen LogP contribution < -0.4 is 10.1 Å². The maximum absolute atomic E-state index is 12.5. The Morgan fingerprint density at radius 2 is 2.31 bits per heavy atom. The third-order valence-electron chi connectivity index (χ3n) is 5.27. The second-order valence-corrected chi connectivity index (χ2v) is 7.16. The molecule has 0 spiro atoms. The van der Waals surface area contributed by atoms with Crippen molar-refractivity contribution in [2.75, 3.05) is 6.61 Å². The van der Waals surface area contributed by atoms with Gasteiger partial charge in [0.15, 0.2) is 0 Å². The largest absolute Gasteiger partial charge is 0.493 e. The van der Waals surface area contributed by atoms with Crippen LogP contribution in [0.4, 0.5) is 0 Å². The van der Waals surface area contributed by atoms with Crippen LogP contribution >= 0.6 is 0 Å². The zero-order valence-electron chi connectivity index (χ0n) is 14.7. The first-order valence-corrected chi connectivity index (χ1v) is 9.24. The Morgan fingerprint density at radius 1 is 1.42 bits per heavy atom. The van der Waals surface area contributed by atoms with Crippen LogP contribution in [0, 0.1) is 5.92 Å². The molecule has 1 fully saturated rings. The van der Waals surface area contributed by atoms with Gasteiger partial charge in [-0.3, -0.25) is 9.48 Å². The van der Waals surface area contributed by atoms with E-state index in [2.05, 4.69) is 21.5 Å². The Kier molecular flexibility index (Phi) is 4.88. The Balaban J connectivity index is 1.39. The summed E-state index contributed by atoms with van der Waals surface area (Å²) in [5.41, 5.74) is 2.31. The molecule has 0 radical (unpaired) electrons. The van der Waals surface area contributed by atoms with Crippen molar-refractivity contribution in [3.8, 4) is 5.75 Å². The molecule has 0 saturated heterocycles. The summed E-state index contributed by atoms with van der Waals surface area (Å²) in [4.78, 5) is 16.4. The Morgan fingerprint density at radius 3 is 3.08 bits per heavy atom. The van der Waals surface area contributed by atoms with Gasteiger partial charge in [0.1, 0.15) is 18.4 Å². The average Bonchev–Trinajstić information content (AvgIpc) is 3.28. The fourth-order valence-electron chi connectivity index (χ4n) is 3.77. The lowest BCUT2D eigenvalue weighted by Crippen LogP contribution is -2.41. The van der Waals surface area contributed by atoms with Gasteiger partial charge in [-0.2, -0.15) is 5.10 Å². The zero-order chi connectivity index (χ0) is 17.9. The third-order valence-corrected chi connectivity index (χ3v) is 5.27. The standard InChI is InChI=1S/C19H24N4O3/c24-16-9-15(10-16)19(14-3-4-17-13(8-14)5-7-26-17)22-18(25)2-1-6-23-12-20-11-21-23/h3-4,8,11-12,15-16,19,24H,1-2,5-7,9-10H2,(H,22,25). The third kappa shape index (κ3) is 3.72. The molecule has 4 rings (SSSR count). The van der Waals surface area contributed by atoms with E-state index in [1.54, 1.807) is 11.0 Å². The molecular weight excluding hydrogens is 332 g/mol. The number of nitrogens with one attached hydrogen (secondary N) is 1. The quantitative estimate of drug-likeness (QED) is 0.787. The summed E-state index contributed by atoms with van der Waals surface area (Å²) < 4.78 is 7.31. The number of aliphatic hydroxyl groups excluding tert-OH is 1. The van der Waals surface area contributed by atoms with Crippen molar-refractivity contribution < 1.29 is 14.6 Å². The molecule has 0 bridgehead atoms. The van der Waals surface area contributed by atoms with E-state index in [-0.39, 0.29) is 24.0 Å². The first-order chi connectivity index (χ1) is 12.7. The van der Waals surface area contributed by atoms with E-state index < -0.39 is 0 Å². The van der Waals surface area contributed by atoms with E-state index in [4.69, 9.17) is 4.74 Å². The number of benzene rings is 1. The van der Waals surface area contributed by atoms with Crippen LogP contribution in [0.1, 0.15) is 42.9 Å². The fourth-order valence-corrected chi connectivity index (χ4v) is 3.77. The number of nitrogens with zero attached hydrogens (tertiary/aromatic N) is 3. The van der Waals surface area contributed by atoms with Gasteiger partial charge in [0, 0.05) is 19.4 Å². The van der Waals surface area contributed by atoms with Crippen molar-refractivity contribution in [3.63, 3.8) is 0 Å². The lowest BCUT2D eigenvalue weighted by atomic mass is 9.74. The van der Waals surface area contributed by atoms with Crippen LogP contribution in [0.3, 0.4) is 0 Å².